The van der Waals surface area contributed by atoms with Crippen molar-refractivity contribution in [1.82, 2.24) is 0 Å². The van der Waals surface area contributed by atoms with Crippen LogP contribution in [0.2, 0.25) is 0 Å². The van der Waals surface area contributed by atoms with Gasteiger partial charge in [-0.3, -0.25) is 0 Å². The molecule has 52 valence electrons. The Balaban J connectivity index is 2.39. The summed E-state index contributed by atoms with van der Waals surface area (Å²) in [5.74, 6) is 0. The van der Waals surface area contributed by atoms with Gasteiger partial charge in [-0.05, 0) is 11.6 Å². The van der Waals surface area contributed by atoms with Crippen molar-refractivity contribution in [2.24, 2.45) is 0 Å². The minimum Gasteiger partial charge on any atom is -0.368 e. The molecular formula is C8H7BrO. The highest BCUT2D eigenvalue weighted by Gasteiger charge is 2.26. The normalized spacial score (nSPS) is 22.7. The lowest BCUT2D eigenvalue weighted by molar-refractivity contribution is 0.415. The topological polar surface area (TPSA) is 12.5 Å². The van der Waals surface area contributed by atoms with Crippen molar-refractivity contribution in [3.63, 3.8) is 0 Å². The molecule has 0 aliphatic carbocycles. The molecule has 0 spiro atoms. The Bertz CT molecular complexity index is 243. The van der Waals surface area contributed by atoms with E-state index in [1.54, 1.807) is 0 Å². The first-order chi connectivity index (χ1) is 4.88. The summed E-state index contributed by atoms with van der Waals surface area (Å²) in [6, 6.07) is 8.16. The van der Waals surface area contributed by atoms with Crippen LogP contribution >= 0.6 is 15.9 Å². The molecule has 1 saturated heterocycles. The molecule has 2 heteroatoms. The lowest BCUT2D eigenvalue weighted by Gasteiger charge is -1.96. The molecule has 1 aromatic rings. The molecule has 0 saturated carbocycles. The number of rotatable bonds is 1. The zero-order valence-electron chi connectivity index (χ0n) is 5.38. The lowest BCUT2D eigenvalue weighted by atomic mass is 10.2. The van der Waals surface area contributed by atoms with Gasteiger partial charge in [0.2, 0.25) is 0 Å². The van der Waals surface area contributed by atoms with Crippen molar-refractivity contribution in [1.29, 1.82) is 0 Å². The summed E-state index contributed by atoms with van der Waals surface area (Å²) in [5, 5.41) is 0. The van der Waals surface area contributed by atoms with Gasteiger partial charge in [0.1, 0.15) is 6.10 Å². The second kappa shape index (κ2) is 2.36. The van der Waals surface area contributed by atoms with Crippen LogP contribution in [0.4, 0.5) is 0 Å². The smallest absolute Gasteiger partial charge is 0.107 e. The highest BCUT2D eigenvalue weighted by molar-refractivity contribution is 9.10. The average molecular weight is 199 g/mol. The van der Waals surface area contributed by atoms with E-state index in [-0.39, 0.29) is 0 Å². The maximum Gasteiger partial charge on any atom is 0.107 e. The third-order valence-corrected chi connectivity index (χ3v) is 2.31. The third-order valence-electron chi connectivity index (χ3n) is 1.59. The van der Waals surface area contributed by atoms with Crippen LogP contribution in [0.15, 0.2) is 28.7 Å². The summed E-state index contributed by atoms with van der Waals surface area (Å²) in [6.45, 7) is 0.878. The Morgan fingerprint density at radius 1 is 1.40 bits per heavy atom. The van der Waals surface area contributed by atoms with Crippen LogP contribution in [0.1, 0.15) is 11.7 Å². The van der Waals surface area contributed by atoms with Crippen LogP contribution in [0, 0.1) is 0 Å². The highest BCUT2D eigenvalue weighted by atomic mass is 79.9. The highest BCUT2D eigenvalue weighted by Crippen LogP contribution is 2.34. The minimum atomic E-state index is 0.357. The lowest BCUT2D eigenvalue weighted by Crippen LogP contribution is -1.80. The summed E-state index contributed by atoms with van der Waals surface area (Å²) >= 11 is 3.46. The van der Waals surface area contributed by atoms with E-state index in [9.17, 15) is 0 Å². The van der Waals surface area contributed by atoms with Gasteiger partial charge in [-0.2, -0.15) is 0 Å². The first-order valence-corrected chi connectivity index (χ1v) is 4.03. The third kappa shape index (κ3) is 1.09. The summed E-state index contributed by atoms with van der Waals surface area (Å²) < 4.78 is 6.30. The maximum absolute atomic E-state index is 5.15. The molecule has 1 aliphatic heterocycles. The zero-order chi connectivity index (χ0) is 6.97. The van der Waals surface area contributed by atoms with Gasteiger partial charge in [0.15, 0.2) is 0 Å². The van der Waals surface area contributed by atoms with E-state index in [4.69, 9.17) is 4.74 Å². The van der Waals surface area contributed by atoms with Crippen LogP contribution in [0.25, 0.3) is 0 Å². The Morgan fingerprint density at radius 2 is 2.10 bits per heavy atom. The molecule has 1 nitrogen and oxygen atoms in total. The predicted molar refractivity (Wildman–Crippen MR) is 42.8 cm³/mol. The molecule has 1 heterocycles. The SMILES string of the molecule is Brc1ccccc1C1CO1. The van der Waals surface area contributed by atoms with E-state index in [1.807, 2.05) is 18.2 Å². The number of hydrogen-bond donors (Lipinski definition) is 0. The number of ether oxygens (including phenoxy) is 1. The minimum absolute atomic E-state index is 0.357. The molecule has 0 amide bonds. The molecule has 1 atom stereocenters. The molecule has 1 aliphatic rings. The first kappa shape index (κ1) is 6.38. The Kier molecular flexibility index (Phi) is 1.51. The van der Waals surface area contributed by atoms with Crippen molar-refractivity contribution < 1.29 is 4.74 Å². The van der Waals surface area contributed by atoms with Crippen LogP contribution in [-0.2, 0) is 4.74 Å². The Hall–Kier alpha value is -0.340. The van der Waals surface area contributed by atoms with Gasteiger partial charge in [0.25, 0.3) is 0 Å². The van der Waals surface area contributed by atoms with E-state index >= 15 is 0 Å². The van der Waals surface area contributed by atoms with Crippen LogP contribution in [0.5, 0.6) is 0 Å². The van der Waals surface area contributed by atoms with Crippen LogP contribution < -0.4 is 0 Å². The summed E-state index contributed by atoms with van der Waals surface area (Å²) in [7, 11) is 0. The van der Waals surface area contributed by atoms with Crippen LogP contribution in [-0.4, -0.2) is 6.61 Å². The second-order valence-electron chi connectivity index (χ2n) is 2.34. The van der Waals surface area contributed by atoms with E-state index in [0.29, 0.717) is 6.10 Å². The fourth-order valence-corrected chi connectivity index (χ4v) is 1.50. The van der Waals surface area contributed by atoms with Gasteiger partial charge in [0.05, 0.1) is 6.61 Å². The van der Waals surface area contributed by atoms with Crippen molar-refractivity contribution in [2.75, 3.05) is 6.61 Å². The van der Waals surface area contributed by atoms with Crippen LogP contribution in [0.3, 0.4) is 0 Å². The van der Waals surface area contributed by atoms with Gasteiger partial charge in [-0.1, -0.05) is 34.1 Å². The molecule has 1 fully saturated rings. The van der Waals surface area contributed by atoms with Gasteiger partial charge >= 0.3 is 0 Å². The van der Waals surface area contributed by atoms with Crippen molar-refractivity contribution >= 4 is 15.9 Å². The number of epoxide rings is 1. The van der Waals surface area contributed by atoms with Gasteiger partial charge in [-0.15, -0.1) is 0 Å². The predicted octanol–water partition coefficient (Wildman–Crippen LogP) is 2.52. The molecular weight excluding hydrogens is 192 g/mol. The number of halogens is 1. The summed E-state index contributed by atoms with van der Waals surface area (Å²) in [6.07, 6.45) is 0.357. The van der Waals surface area contributed by atoms with Crippen molar-refractivity contribution in [3.05, 3.63) is 34.3 Å². The molecule has 0 N–H and O–H groups in total. The fraction of sp³-hybridized carbons (Fsp3) is 0.250. The van der Waals surface area contributed by atoms with Gasteiger partial charge in [0, 0.05) is 4.47 Å². The molecule has 1 aromatic carbocycles. The van der Waals surface area contributed by atoms with E-state index < -0.39 is 0 Å². The first-order valence-electron chi connectivity index (χ1n) is 3.24. The Labute approximate surface area is 68.1 Å². The monoisotopic (exact) mass is 198 g/mol. The fourth-order valence-electron chi connectivity index (χ4n) is 0.964. The molecule has 0 bridgehead atoms. The van der Waals surface area contributed by atoms with Crippen molar-refractivity contribution in [3.8, 4) is 0 Å². The van der Waals surface area contributed by atoms with E-state index in [2.05, 4.69) is 22.0 Å². The van der Waals surface area contributed by atoms with Crippen molar-refractivity contribution in [2.45, 2.75) is 6.10 Å². The molecule has 10 heavy (non-hydrogen) atoms. The molecule has 2 rings (SSSR count). The quantitative estimate of drug-likeness (QED) is 0.633. The van der Waals surface area contributed by atoms with Gasteiger partial charge in [-0.25, -0.2) is 0 Å². The molecule has 1 unspecified atom stereocenters. The number of benzene rings is 1. The number of hydrogen-bond acceptors (Lipinski definition) is 1. The largest absolute Gasteiger partial charge is 0.368 e. The summed E-state index contributed by atoms with van der Waals surface area (Å²) in [5.41, 5.74) is 1.27. The Morgan fingerprint density at radius 3 is 2.70 bits per heavy atom. The van der Waals surface area contributed by atoms with E-state index in [1.165, 1.54) is 5.56 Å². The van der Waals surface area contributed by atoms with E-state index in [0.717, 1.165) is 11.1 Å². The second-order valence-corrected chi connectivity index (χ2v) is 3.20. The standard InChI is InChI=1S/C8H7BrO/c9-7-4-2-1-3-6(7)8-5-10-8/h1-4,8H,5H2. The molecule has 0 aromatic heterocycles. The molecule has 0 radical (unpaired) electrons. The summed E-state index contributed by atoms with van der Waals surface area (Å²) in [4.78, 5) is 0. The average Bonchev–Trinajstić information content (AvgIpc) is 2.71. The zero-order valence-corrected chi connectivity index (χ0v) is 6.97. The maximum atomic E-state index is 5.15. The van der Waals surface area contributed by atoms with Gasteiger partial charge < -0.3 is 4.74 Å².